The van der Waals surface area contributed by atoms with Crippen LogP contribution in [0.5, 0.6) is 0 Å². The Labute approximate surface area is 113 Å². The molecule has 2 N–H and O–H groups in total. The highest BCUT2D eigenvalue weighted by molar-refractivity contribution is 9.10. The van der Waals surface area contributed by atoms with Crippen LogP contribution in [0.25, 0.3) is 0 Å². The fourth-order valence-electron chi connectivity index (χ4n) is 2.03. The number of hydrogen-bond acceptors (Lipinski definition) is 2. The van der Waals surface area contributed by atoms with E-state index in [4.69, 9.17) is 5.73 Å². The van der Waals surface area contributed by atoms with Gasteiger partial charge in [-0.2, -0.15) is 0 Å². The summed E-state index contributed by atoms with van der Waals surface area (Å²) >= 11 is 3.58. The standard InChI is InChI=1S/C14H23BrN2/c1-5-14(2,17(3)4)13(16)10-11-8-6-7-9-12(11)15/h6-9,13H,5,10,16H2,1-4H3. The third-order valence-electron chi connectivity index (χ3n) is 3.93. The van der Waals surface area contributed by atoms with Gasteiger partial charge in [0.2, 0.25) is 0 Å². The van der Waals surface area contributed by atoms with Crippen LogP contribution < -0.4 is 5.73 Å². The van der Waals surface area contributed by atoms with Crippen molar-refractivity contribution in [2.24, 2.45) is 5.73 Å². The van der Waals surface area contributed by atoms with Crippen molar-refractivity contribution in [1.29, 1.82) is 0 Å². The van der Waals surface area contributed by atoms with Crippen molar-refractivity contribution in [2.75, 3.05) is 14.1 Å². The van der Waals surface area contributed by atoms with Crippen LogP contribution in [-0.4, -0.2) is 30.6 Å². The SMILES string of the molecule is CCC(C)(C(N)Cc1ccccc1Br)N(C)C. The van der Waals surface area contributed by atoms with Gasteiger partial charge in [-0.05, 0) is 45.5 Å². The predicted octanol–water partition coefficient (Wildman–Crippen LogP) is 3.05. The average molecular weight is 299 g/mol. The lowest BCUT2D eigenvalue weighted by atomic mass is 9.85. The lowest BCUT2D eigenvalue weighted by Crippen LogP contribution is -2.55. The maximum absolute atomic E-state index is 6.40. The smallest absolute Gasteiger partial charge is 0.0326 e. The van der Waals surface area contributed by atoms with Crippen molar-refractivity contribution in [3.05, 3.63) is 34.3 Å². The molecule has 0 saturated heterocycles. The molecule has 17 heavy (non-hydrogen) atoms. The third kappa shape index (κ3) is 3.30. The topological polar surface area (TPSA) is 29.3 Å². The molecule has 0 radical (unpaired) electrons. The highest BCUT2D eigenvalue weighted by Crippen LogP contribution is 2.25. The second-order valence-corrected chi connectivity index (χ2v) is 5.86. The number of likely N-dealkylation sites (N-methyl/N-ethyl adjacent to an activating group) is 1. The summed E-state index contributed by atoms with van der Waals surface area (Å²) in [5.74, 6) is 0. The van der Waals surface area contributed by atoms with E-state index in [2.05, 4.69) is 67.0 Å². The van der Waals surface area contributed by atoms with E-state index in [0.29, 0.717) is 0 Å². The van der Waals surface area contributed by atoms with Crippen molar-refractivity contribution >= 4 is 15.9 Å². The van der Waals surface area contributed by atoms with E-state index >= 15 is 0 Å². The van der Waals surface area contributed by atoms with Crippen LogP contribution in [0.2, 0.25) is 0 Å². The van der Waals surface area contributed by atoms with Crippen molar-refractivity contribution < 1.29 is 0 Å². The van der Waals surface area contributed by atoms with Gasteiger partial charge in [-0.3, -0.25) is 0 Å². The van der Waals surface area contributed by atoms with Crippen LogP contribution in [0, 0.1) is 0 Å². The molecule has 0 aromatic heterocycles. The second-order valence-electron chi connectivity index (χ2n) is 5.01. The molecule has 2 atom stereocenters. The Hall–Kier alpha value is -0.380. The molecular formula is C14H23BrN2. The molecule has 1 rings (SSSR count). The quantitative estimate of drug-likeness (QED) is 0.905. The number of rotatable bonds is 5. The Balaban J connectivity index is 2.85. The van der Waals surface area contributed by atoms with Crippen molar-refractivity contribution in [3.63, 3.8) is 0 Å². The fraction of sp³-hybridized carbons (Fsp3) is 0.571. The van der Waals surface area contributed by atoms with E-state index in [-0.39, 0.29) is 11.6 Å². The van der Waals surface area contributed by atoms with Gasteiger partial charge in [-0.1, -0.05) is 41.1 Å². The second kappa shape index (κ2) is 5.98. The molecule has 0 bridgehead atoms. The number of halogens is 1. The minimum Gasteiger partial charge on any atom is -0.326 e. The lowest BCUT2D eigenvalue weighted by molar-refractivity contribution is 0.131. The van der Waals surface area contributed by atoms with E-state index in [1.54, 1.807) is 0 Å². The van der Waals surface area contributed by atoms with Crippen LogP contribution in [0.1, 0.15) is 25.8 Å². The molecule has 0 heterocycles. The van der Waals surface area contributed by atoms with E-state index in [1.165, 1.54) is 5.56 Å². The van der Waals surface area contributed by atoms with Crippen molar-refractivity contribution in [2.45, 2.75) is 38.3 Å². The van der Waals surface area contributed by atoms with Crippen LogP contribution in [0.4, 0.5) is 0 Å². The molecule has 2 unspecified atom stereocenters. The van der Waals surface area contributed by atoms with E-state index in [9.17, 15) is 0 Å². The van der Waals surface area contributed by atoms with Crippen LogP contribution in [0.3, 0.4) is 0 Å². The molecule has 0 aliphatic heterocycles. The molecule has 1 aromatic rings. The van der Waals surface area contributed by atoms with Crippen LogP contribution in [0.15, 0.2) is 28.7 Å². The first-order valence-electron chi connectivity index (χ1n) is 6.08. The summed E-state index contributed by atoms with van der Waals surface area (Å²) in [4.78, 5) is 2.23. The highest BCUT2D eigenvalue weighted by atomic mass is 79.9. The van der Waals surface area contributed by atoms with Gasteiger partial charge in [0.05, 0.1) is 0 Å². The molecule has 0 saturated carbocycles. The first-order chi connectivity index (χ1) is 7.91. The summed E-state index contributed by atoms with van der Waals surface area (Å²) in [6.07, 6.45) is 1.94. The molecular weight excluding hydrogens is 276 g/mol. The van der Waals surface area contributed by atoms with Gasteiger partial charge in [-0.25, -0.2) is 0 Å². The molecule has 0 fully saturated rings. The summed E-state index contributed by atoms with van der Waals surface area (Å²) in [7, 11) is 4.20. The van der Waals surface area contributed by atoms with E-state index < -0.39 is 0 Å². The first kappa shape index (κ1) is 14.7. The monoisotopic (exact) mass is 298 g/mol. The van der Waals surface area contributed by atoms with Gasteiger partial charge in [-0.15, -0.1) is 0 Å². The van der Waals surface area contributed by atoms with Gasteiger partial charge < -0.3 is 10.6 Å². The third-order valence-corrected chi connectivity index (χ3v) is 4.71. The number of nitrogens with zero attached hydrogens (tertiary/aromatic N) is 1. The van der Waals surface area contributed by atoms with Crippen LogP contribution >= 0.6 is 15.9 Å². The van der Waals surface area contributed by atoms with Crippen molar-refractivity contribution in [1.82, 2.24) is 4.90 Å². The number of nitrogens with two attached hydrogens (primary N) is 1. The first-order valence-corrected chi connectivity index (χ1v) is 6.87. The Bertz CT molecular complexity index is 365. The maximum atomic E-state index is 6.40. The van der Waals surface area contributed by atoms with Crippen molar-refractivity contribution in [3.8, 4) is 0 Å². The van der Waals surface area contributed by atoms with Gasteiger partial charge in [0.15, 0.2) is 0 Å². The maximum Gasteiger partial charge on any atom is 0.0326 e. The molecule has 2 nitrogen and oxygen atoms in total. The molecule has 0 spiro atoms. The summed E-state index contributed by atoms with van der Waals surface area (Å²) in [5.41, 5.74) is 7.72. The Morgan fingerprint density at radius 2 is 1.94 bits per heavy atom. The zero-order chi connectivity index (χ0) is 13.1. The summed E-state index contributed by atoms with van der Waals surface area (Å²) in [6.45, 7) is 4.43. The minimum absolute atomic E-state index is 0.0370. The fourth-order valence-corrected chi connectivity index (χ4v) is 2.48. The Morgan fingerprint density at radius 3 is 2.41 bits per heavy atom. The predicted molar refractivity (Wildman–Crippen MR) is 78.2 cm³/mol. The Kier molecular flexibility index (Phi) is 5.17. The van der Waals surface area contributed by atoms with Gasteiger partial charge in [0.25, 0.3) is 0 Å². The zero-order valence-electron chi connectivity index (χ0n) is 11.2. The molecule has 0 amide bonds. The molecule has 0 aliphatic carbocycles. The van der Waals surface area contributed by atoms with Gasteiger partial charge in [0.1, 0.15) is 0 Å². The van der Waals surface area contributed by atoms with Gasteiger partial charge in [0, 0.05) is 16.1 Å². The lowest BCUT2D eigenvalue weighted by Gasteiger charge is -2.41. The molecule has 3 heteroatoms. The average Bonchev–Trinajstić information content (AvgIpc) is 2.30. The van der Waals surface area contributed by atoms with E-state index in [1.807, 2.05) is 6.07 Å². The van der Waals surface area contributed by atoms with E-state index in [0.717, 1.165) is 17.3 Å². The van der Waals surface area contributed by atoms with Crippen LogP contribution in [-0.2, 0) is 6.42 Å². The zero-order valence-corrected chi connectivity index (χ0v) is 12.8. The normalized spacial score (nSPS) is 16.9. The largest absolute Gasteiger partial charge is 0.326 e. The summed E-state index contributed by atoms with van der Waals surface area (Å²) in [6, 6.07) is 8.42. The van der Waals surface area contributed by atoms with Gasteiger partial charge >= 0.3 is 0 Å². The number of hydrogen-bond donors (Lipinski definition) is 1. The minimum atomic E-state index is 0.0370. The Morgan fingerprint density at radius 1 is 1.35 bits per heavy atom. The molecule has 96 valence electrons. The number of benzene rings is 1. The highest BCUT2D eigenvalue weighted by Gasteiger charge is 2.32. The summed E-state index contributed by atoms with van der Waals surface area (Å²) in [5, 5.41) is 0. The summed E-state index contributed by atoms with van der Waals surface area (Å²) < 4.78 is 1.15. The molecule has 1 aromatic carbocycles. The molecule has 0 aliphatic rings.